The number of hydrogen-bond acceptors (Lipinski definition) is 4. The predicted octanol–water partition coefficient (Wildman–Crippen LogP) is 3.87. The molecule has 2 aromatic rings. The van der Waals surface area contributed by atoms with Gasteiger partial charge in [0.25, 0.3) is 0 Å². The Morgan fingerprint density at radius 1 is 1.03 bits per heavy atom. The number of carboxylic acids is 1. The maximum Gasteiger partial charge on any atom is 0.307 e. The number of hydrogen-bond donors (Lipinski definition) is 1. The molecule has 0 unspecified atom stereocenters. The first-order chi connectivity index (χ1) is 14.7. The number of halogens is 2. The van der Waals surface area contributed by atoms with Crippen LogP contribution in [0.5, 0.6) is 0 Å². The third kappa shape index (κ3) is 6.20. The average Bonchev–Trinajstić information content (AvgIpc) is 2.72. The van der Waals surface area contributed by atoms with Crippen LogP contribution in [0.15, 0.2) is 41.3 Å². The first kappa shape index (κ1) is 24.0. The molecule has 0 bridgehead atoms. The third-order valence-electron chi connectivity index (χ3n) is 5.56. The van der Waals surface area contributed by atoms with Crippen LogP contribution in [0.25, 0.3) is 0 Å². The maximum atomic E-state index is 13.0. The van der Waals surface area contributed by atoms with Crippen LogP contribution >= 0.6 is 23.2 Å². The topological polar surface area (TPSA) is 77.9 Å². The highest BCUT2D eigenvalue weighted by Gasteiger charge is 2.28. The lowest BCUT2D eigenvalue weighted by molar-refractivity contribution is -0.136. The van der Waals surface area contributed by atoms with Crippen LogP contribution in [-0.2, 0) is 27.7 Å². The monoisotopic (exact) mass is 484 g/mol. The lowest BCUT2D eigenvalue weighted by Crippen LogP contribution is -2.48. The van der Waals surface area contributed by atoms with E-state index >= 15 is 0 Å². The van der Waals surface area contributed by atoms with Crippen molar-refractivity contribution >= 4 is 39.2 Å². The van der Waals surface area contributed by atoms with E-state index in [9.17, 15) is 13.2 Å². The highest BCUT2D eigenvalue weighted by molar-refractivity contribution is 7.89. The maximum absolute atomic E-state index is 13.0. The standard InChI is InChI=1S/C22H26Cl2N2O4S/c1-16-4-6-19(14-18(16)15-22(27)28)31(29,30)26-11-9-25(10-12-26)8-2-3-17-5-7-20(23)21(24)13-17/h4-7,13-14H,2-3,8-12,15H2,1H3,(H,27,28). The number of carbonyl (C=O) groups is 1. The van der Waals surface area contributed by atoms with Crippen LogP contribution < -0.4 is 0 Å². The molecule has 0 aliphatic carbocycles. The number of aryl methyl sites for hydroxylation is 2. The van der Waals surface area contributed by atoms with E-state index in [1.807, 2.05) is 12.1 Å². The molecule has 0 radical (unpaired) electrons. The van der Waals surface area contributed by atoms with Crippen LogP contribution in [-0.4, -0.2) is 61.4 Å². The predicted molar refractivity (Wildman–Crippen MR) is 123 cm³/mol. The van der Waals surface area contributed by atoms with Gasteiger partial charge in [0, 0.05) is 26.2 Å². The fourth-order valence-corrected chi connectivity index (χ4v) is 5.50. The fourth-order valence-electron chi connectivity index (χ4n) is 3.71. The van der Waals surface area contributed by atoms with Crippen LogP contribution in [0.1, 0.15) is 23.1 Å². The van der Waals surface area contributed by atoms with Crippen LogP contribution in [0.3, 0.4) is 0 Å². The lowest BCUT2D eigenvalue weighted by Gasteiger charge is -2.34. The molecule has 1 saturated heterocycles. The Hall–Kier alpha value is -1.64. The summed E-state index contributed by atoms with van der Waals surface area (Å²) in [5, 5.41) is 10.2. The summed E-state index contributed by atoms with van der Waals surface area (Å²) in [4.78, 5) is 13.5. The number of benzene rings is 2. The highest BCUT2D eigenvalue weighted by atomic mass is 35.5. The molecule has 1 heterocycles. The summed E-state index contributed by atoms with van der Waals surface area (Å²) in [5.74, 6) is -0.980. The summed E-state index contributed by atoms with van der Waals surface area (Å²) in [5.41, 5.74) is 2.43. The van der Waals surface area contributed by atoms with Crippen LogP contribution in [0.2, 0.25) is 10.0 Å². The Morgan fingerprint density at radius 2 is 1.74 bits per heavy atom. The molecule has 1 N–H and O–H groups in total. The Bertz CT molecular complexity index is 1050. The smallest absolute Gasteiger partial charge is 0.307 e. The average molecular weight is 485 g/mol. The molecule has 0 saturated carbocycles. The summed E-state index contributed by atoms with van der Waals surface area (Å²) in [6, 6.07) is 10.4. The quantitative estimate of drug-likeness (QED) is 0.615. The zero-order valence-electron chi connectivity index (χ0n) is 17.4. The molecule has 3 rings (SSSR count). The molecule has 2 aromatic carbocycles. The lowest BCUT2D eigenvalue weighted by atomic mass is 10.1. The van der Waals surface area contributed by atoms with E-state index in [1.54, 1.807) is 25.1 Å². The molecular formula is C22H26Cl2N2O4S. The van der Waals surface area contributed by atoms with Gasteiger partial charge in [-0.3, -0.25) is 4.79 Å². The Kier molecular flexibility index (Phi) is 7.99. The number of rotatable bonds is 8. The Morgan fingerprint density at radius 3 is 2.39 bits per heavy atom. The minimum absolute atomic E-state index is 0.155. The van der Waals surface area contributed by atoms with Crippen molar-refractivity contribution in [2.45, 2.75) is 31.1 Å². The molecule has 31 heavy (non-hydrogen) atoms. The molecule has 1 fully saturated rings. The first-order valence-corrected chi connectivity index (χ1v) is 12.3. The first-order valence-electron chi connectivity index (χ1n) is 10.1. The SMILES string of the molecule is Cc1ccc(S(=O)(=O)N2CCN(CCCc3ccc(Cl)c(Cl)c3)CC2)cc1CC(=O)O. The van der Waals surface area contributed by atoms with Gasteiger partial charge >= 0.3 is 5.97 Å². The molecule has 168 valence electrons. The van der Waals surface area contributed by atoms with Crippen molar-refractivity contribution in [1.82, 2.24) is 9.21 Å². The number of piperazine rings is 1. The molecule has 0 atom stereocenters. The second-order valence-corrected chi connectivity index (χ2v) is 10.5. The van der Waals surface area contributed by atoms with Gasteiger partial charge in [0.2, 0.25) is 10.0 Å². The van der Waals surface area contributed by atoms with Gasteiger partial charge in [0.05, 0.1) is 21.4 Å². The molecule has 1 aliphatic rings. The molecule has 1 aliphatic heterocycles. The van der Waals surface area contributed by atoms with E-state index in [1.165, 1.54) is 10.4 Å². The molecular weight excluding hydrogens is 459 g/mol. The second-order valence-electron chi connectivity index (χ2n) is 7.76. The zero-order valence-corrected chi connectivity index (χ0v) is 19.7. The fraction of sp³-hybridized carbons (Fsp3) is 0.409. The Labute approximate surface area is 193 Å². The number of aliphatic carboxylic acids is 1. The normalized spacial score (nSPS) is 15.8. The second kappa shape index (κ2) is 10.3. The minimum atomic E-state index is -3.65. The Balaban J connectivity index is 1.54. The molecule has 0 amide bonds. The van der Waals surface area contributed by atoms with Gasteiger partial charge in [-0.2, -0.15) is 4.31 Å². The van der Waals surface area contributed by atoms with Gasteiger partial charge in [0.15, 0.2) is 0 Å². The van der Waals surface area contributed by atoms with Gasteiger partial charge in [0.1, 0.15) is 0 Å². The summed E-state index contributed by atoms with van der Waals surface area (Å²) >= 11 is 12.0. The van der Waals surface area contributed by atoms with Crippen LogP contribution in [0.4, 0.5) is 0 Å². The number of sulfonamides is 1. The number of carboxylic acid groups (broad SMARTS) is 1. The number of nitrogens with zero attached hydrogens (tertiary/aromatic N) is 2. The highest BCUT2D eigenvalue weighted by Crippen LogP contribution is 2.24. The third-order valence-corrected chi connectivity index (χ3v) is 8.19. The zero-order chi connectivity index (χ0) is 22.6. The molecule has 0 spiro atoms. The van der Waals surface area contributed by atoms with Gasteiger partial charge in [-0.25, -0.2) is 8.42 Å². The van der Waals surface area contributed by atoms with E-state index in [0.717, 1.165) is 30.5 Å². The minimum Gasteiger partial charge on any atom is -0.481 e. The van der Waals surface area contributed by atoms with Gasteiger partial charge in [-0.05, 0) is 67.3 Å². The molecule has 6 nitrogen and oxygen atoms in total. The van der Waals surface area contributed by atoms with E-state index in [4.69, 9.17) is 28.3 Å². The van der Waals surface area contributed by atoms with Crippen molar-refractivity contribution in [3.63, 3.8) is 0 Å². The van der Waals surface area contributed by atoms with Crippen LogP contribution in [0, 0.1) is 6.92 Å². The van der Waals surface area contributed by atoms with Crippen molar-refractivity contribution in [2.75, 3.05) is 32.7 Å². The summed E-state index contributed by atoms with van der Waals surface area (Å²) in [7, 11) is -3.65. The van der Waals surface area contributed by atoms with Gasteiger partial charge in [-0.15, -0.1) is 0 Å². The molecule has 0 aromatic heterocycles. The molecule has 9 heteroatoms. The largest absolute Gasteiger partial charge is 0.481 e. The van der Waals surface area contributed by atoms with E-state index in [0.29, 0.717) is 41.8 Å². The van der Waals surface area contributed by atoms with Crippen molar-refractivity contribution in [3.05, 3.63) is 63.1 Å². The summed E-state index contributed by atoms with van der Waals surface area (Å²) in [6.45, 7) is 4.81. The van der Waals surface area contributed by atoms with E-state index < -0.39 is 16.0 Å². The van der Waals surface area contributed by atoms with Crippen molar-refractivity contribution < 1.29 is 18.3 Å². The van der Waals surface area contributed by atoms with Crippen molar-refractivity contribution in [3.8, 4) is 0 Å². The van der Waals surface area contributed by atoms with Crippen molar-refractivity contribution in [1.29, 1.82) is 0 Å². The van der Waals surface area contributed by atoms with E-state index in [2.05, 4.69) is 4.90 Å². The van der Waals surface area contributed by atoms with E-state index in [-0.39, 0.29) is 11.3 Å². The summed E-state index contributed by atoms with van der Waals surface area (Å²) < 4.78 is 27.6. The summed E-state index contributed by atoms with van der Waals surface area (Å²) in [6.07, 6.45) is 1.63. The van der Waals surface area contributed by atoms with Gasteiger partial charge < -0.3 is 10.0 Å². The van der Waals surface area contributed by atoms with Gasteiger partial charge in [-0.1, -0.05) is 35.3 Å². The van der Waals surface area contributed by atoms with Crippen molar-refractivity contribution in [2.24, 2.45) is 0 Å².